The number of carbonyl (C=O) groups is 1. The number of carbonyl (C=O) groups excluding carboxylic acids is 1. The first-order chi connectivity index (χ1) is 22.5. The van der Waals surface area contributed by atoms with Gasteiger partial charge in [0, 0.05) is 52.2 Å². The fourth-order valence-corrected chi connectivity index (χ4v) is 5.36. The van der Waals surface area contributed by atoms with Crippen molar-refractivity contribution in [2.45, 2.75) is 31.0 Å². The van der Waals surface area contributed by atoms with Crippen molar-refractivity contribution in [1.82, 2.24) is 10.9 Å². The third-order valence-corrected chi connectivity index (χ3v) is 7.97. The molecule has 0 spiro atoms. The molecule has 1 aliphatic heterocycles. The molecule has 46 heavy (non-hydrogen) atoms. The van der Waals surface area contributed by atoms with Gasteiger partial charge in [0.25, 0.3) is 5.91 Å². The van der Waals surface area contributed by atoms with Crippen LogP contribution in [0.2, 0.25) is 0 Å². The van der Waals surface area contributed by atoms with Gasteiger partial charge in [-0.15, -0.1) is 0 Å². The van der Waals surface area contributed by atoms with Crippen molar-refractivity contribution in [3.63, 3.8) is 0 Å². The zero-order chi connectivity index (χ0) is 32.4. The van der Waals surface area contributed by atoms with Crippen LogP contribution in [0, 0.1) is 0 Å². The number of methoxy groups -OCH3 is 1. The molecule has 0 saturated heterocycles. The van der Waals surface area contributed by atoms with Crippen LogP contribution in [0.4, 0.5) is 5.69 Å². The first-order valence-electron chi connectivity index (χ1n) is 14.6. The number of ether oxygens (including phenoxy) is 3. The minimum absolute atomic E-state index is 0.0406. The summed E-state index contributed by atoms with van der Waals surface area (Å²) in [6.45, 7) is 0.768. The Morgan fingerprint density at radius 1 is 1.02 bits per heavy atom. The third kappa shape index (κ3) is 7.67. The van der Waals surface area contributed by atoms with Gasteiger partial charge in [0.2, 0.25) is 5.90 Å². The number of hydrazine groups is 1. The third-order valence-electron chi connectivity index (χ3n) is 7.44. The molecule has 0 radical (unpaired) electrons. The maximum Gasteiger partial charge on any atom is 0.266 e. The Balaban J connectivity index is 1.54. The number of aliphatic hydroxyl groups is 1. The number of nitrogens with zero attached hydrogens (tertiary/aromatic N) is 4. The maximum absolute atomic E-state index is 14.4. The van der Waals surface area contributed by atoms with E-state index >= 15 is 0 Å². The number of aliphatic hydroxyl groups excluding tert-OH is 1. The molecule has 0 aliphatic carbocycles. The lowest BCUT2D eigenvalue weighted by Gasteiger charge is -2.31. The molecular formula is C34H33BrN6O5. The van der Waals surface area contributed by atoms with Crippen LogP contribution < -0.4 is 20.3 Å². The molecule has 236 valence electrons. The molecule has 0 fully saturated rings. The molecule has 1 amide bonds. The Kier molecular flexibility index (Phi) is 10.9. The van der Waals surface area contributed by atoms with Crippen LogP contribution in [0.1, 0.15) is 34.8 Å². The van der Waals surface area contributed by atoms with E-state index in [2.05, 4.69) is 36.8 Å². The molecule has 2 atom stereocenters. The van der Waals surface area contributed by atoms with E-state index in [0.29, 0.717) is 42.1 Å². The molecule has 1 aliphatic rings. The van der Waals surface area contributed by atoms with Crippen molar-refractivity contribution in [1.29, 1.82) is 0 Å². The number of amides is 1. The van der Waals surface area contributed by atoms with E-state index in [9.17, 15) is 10.3 Å². The van der Waals surface area contributed by atoms with Crippen molar-refractivity contribution < 1.29 is 24.1 Å². The van der Waals surface area contributed by atoms with Gasteiger partial charge in [-0.05, 0) is 65.2 Å². The molecule has 0 unspecified atom stereocenters. The van der Waals surface area contributed by atoms with E-state index in [0.717, 1.165) is 21.3 Å². The second kappa shape index (κ2) is 15.4. The van der Waals surface area contributed by atoms with Crippen LogP contribution in [0.5, 0.6) is 11.5 Å². The molecule has 1 heterocycles. The highest BCUT2D eigenvalue weighted by molar-refractivity contribution is 9.10. The number of benzene rings is 4. The van der Waals surface area contributed by atoms with E-state index in [1.165, 1.54) is 0 Å². The van der Waals surface area contributed by atoms with Crippen molar-refractivity contribution in [3.05, 3.63) is 134 Å². The Morgan fingerprint density at radius 2 is 1.72 bits per heavy atom. The van der Waals surface area contributed by atoms with Crippen molar-refractivity contribution in [2.24, 2.45) is 10.1 Å². The van der Waals surface area contributed by atoms with E-state index in [-0.39, 0.29) is 18.9 Å². The second-order valence-electron chi connectivity index (χ2n) is 10.5. The largest absolute Gasteiger partial charge is 0.497 e. The summed E-state index contributed by atoms with van der Waals surface area (Å²) in [5, 5.41) is 13.0. The summed E-state index contributed by atoms with van der Waals surface area (Å²) < 4.78 is 18.4. The zero-order valence-corrected chi connectivity index (χ0v) is 26.7. The lowest BCUT2D eigenvalue weighted by molar-refractivity contribution is -0.130. The van der Waals surface area contributed by atoms with Gasteiger partial charge in [-0.2, -0.15) is 0 Å². The lowest BCUT2D eigenvalue weighted by Crippen LogP contribution is -2.53. The molecule has 0 saturated carbocycles. The standard InChI is InChI=1S/C34H33BrN6O5/c1-44-27-15-9-24(10-16-27)22-37-40-33(43)34(21-23-7-13-26(35)14-8-23)31(29-5-2-3-6-30(29)39-41-36)46-32(38-34)25-11-17-28(18-12-25)45-20-4-19-42/h2-3,5-18,31,37,42H,4,19-22H2,1H3,(H,40,43)/t31-,34-/m0/s1. The normalized spacial score (nSPS) is 16.9. The molecule has 4 aromatic carbocycles. The highest BCUT2D eigenvalue weighted by Crippen LogP contribution is 2.45. The SMILES string of the molecule is COc1ccc(CNNC(=O)[C@@]2(Cc3ccc(Br)cc3)N=C(c3ccc(OCCCO)cc3)O[C@H]2c2ccccc2N=[N+]=[N-])cc1. The number of hydrogen-bond donors (Lipinski definition) is 3. The van der Waals surface area contributed by atoms with Gasteiger partial charge in [0.1, 0.15) is 11.5 Å². The molecule has 5 rings (SSSR count). The van der Waals surface area contributed by atoms with Gasteiger partial charge in [-0.25, -0.2) is 10.4 Å². The average molecular weight is 686 g/mol. The number of halogens is 1. The summed E-state index contributed by atoms with van der Waals surface area (Å²) in [4.78, 5) is 22.5. The first-order valence-corrected chi connectivity index (χ1v) is 15.4. The number of hydrogen-bond acceptors (Lipinski definition) is 8. The van der Waals surface area contributed by atoms with Gasteiger partial charge in [-0.3, -0.25) is 10.2 Å². The van der Waals surface area contributed by atoms with Gasteiger partial charge in [0.15, 0.2) is 11.6 Å². The molecule has 0 aromatic heterocycles. The molecule has 0 bridgehead atoms. The Bertz CT molecular complexity index is 1710. The number of azide groups is 1. The van der Waals surface area contributed by atoms with E-state index in [1.807, 2.05) is 48.5 Å². The van der Waals surface area contributed by atoms with Crippen molar-refractivity contribution in [2.75, 3.05) is 20.3 Å². The van der Waals surface area contributed by atoms with Crippen LogP contribution in [0.25, 0.3) is 10.4 Å². The highest BCUT2D eigenvalue weighted by Gasteiger charge is 2.54. The number of rotatable bonds is 14. The zero-order valence-electron chi connectivity index (χ0n) is 25.1. The smallest absolute Gasteiger partial charge is 0.266 e. The number of aliphatic imine (C=N–C) groups is 1. The quantitative estimate of drug-likeness (QED) is 0.0455. The minimum Gasteiger partial charge on any atom is -0.497 e. The van der Waals surface area contributed by atoms with Crippen LogP contribution in [-0.4, -0.2) is 42.8 Å². The van der Waals surface area contributed by atoms with Crippen molar-refractivity contribution >= 4 is 33.4 Å². The predicted octanol–water partition coefficient (Wildman–Crippen LogP) is 6.48. The topological polar surface area (TPSA) is 150 Å². The predicted molar refractivity (Wildman–Crippen MR) is 178 cm³/mol. The Morgan fingerprint density at radius 3 is 2.41 bits per heavy atom. The highest BCUT2D eigenvalue weighted by atomic mass is 79.9. The van der Waals surface area contributed by atoms with E-state index in [4.69, 9.17) is 24.3 Å². The van der Waals surface area contributed by atoms with Crippen LogP contribution in [0.15, 0.2) is 112 Å². The average Bonchev–Trinajstić information content (AvgIpc) is 3.47. The molecule has 11 nitrogen and oxygen atoms in total. The van der Waals surface area contributed by atoms with Crippen LogP contribution >= 0.6 is 15.9 Å². The molecule has 4 aromatic rings. The van der Waals surface area contributed by atoms with Gasteiger partial charge < -0.3 is 19.3 Å². The van der Waals surface area contributed by atoms with Crippen LogP contribution in [0.3, 0.4) is 0 Å². The van der Waals surface area contributed by atoms with E-state index < -0.39 is 17.6 Å². The molecule has 12 heteroatoms. The fourth-order valence-electron chi connectivity index (χ4n) is 5.10. The fraction of sp³-hybridized carbons (Fsp3) is 0.235. The molecular weight excluding hydrogens is 652 g/mol. The number of nitrogens with one attached hydrogen (secondary N) is 2. The Hall–Kier alpha value is -4.87. The minimum atomic E-state index is -1.51. The van der Waals surface area contributed by atoms with Crippen molar-refractivity contribution in [3.8, 4) is 11.5 Å². The maximum atomic E-state index is 14.4. The summed E-state index contributed by atoms with van der Waals surface area (Å²) >= 11 is 3.49. The summed E-state index contributed by atoms with van der Waals surface area (Å²) in [6, 6.07) is 29.4. The summed E-state index contributed by atoms with van der Waals surface area (Å²) in [6.07, 6.45) is -0.252. The lowest BCUT2D eigenvalue weighted by atomic mass is 9.81. The summed E-state index contributed by atoms with van der Waals surface area (Å²) in [5.41, 5.74) is 17.0. The van der Waals surface area contributed by atoms with Gasteiger partial charge in [0.05, 0.1) is 13.7 Å². The summed E-state index contributed by atoms with van der Waals surface area (Å²) in [7, 11) is 1.61. The van der Waals surface area contributed by atoms with Crippen LogP contribution in [-0.2, 0) is 22.5 Å². The molecule has 3 N–H and O–H groups in total. The monoisotopic (exact) mass is 684 g/mol. The second-order valence-corrected chi connectivity index (χ2v) is 11.4. The van der Waals surface area contributed by atoms with E-state index in [1.54, 1.807) is 55.6 Å². The summed E-state index contributed by atoms with van der Waals surface area (Å²) in [5.74, 6) is 1.19. The first kappa shape index (κ1) is 32.5. The Labute approximate surface area is 275 Å². The van der Waals surface area contributed by atoms with Gasteiger partial charge in [-0.1, -0.05) is 69.6 Å². The van der Waals surface area contributed by atoms with Gasteiger partial charge >= 0.3 is 0 Å².